The minimum absolute atomic E-state index is 0.0688. The van der Waals surface area contributed by atoms with Crippen molar-refractivity contribution < 1.29 is 31.3 Å². The van der Waals surface area contributed by atoms with Crippen molar-refractivity contribution in [1.29, 1.82) is 0 Å². The molecule has 5 aromatic carbocycles. The Hall–Kier alpha value is -5.48. The van der Waals surface area contributed by atoms with E-state index in [4.69, 9.17) is 23.2 Å². The van der Waals surface area contributed by atoms with Gasteiger partial charge in [-0.2, -0.15) is 0 Å². The fourth-order valence-electron chi connectivity index (χ4n) is 4.39. The minimum Gasteiger partial charge on any atom is -0.320 e. The molecule has 49 heavy (non-hydrogen) atoms. The number of nitrogens with one attached hydrogen (secondary N) is 4. The number of nitro benzene ring substituents is 1. The Morgan fingerprint density at radius 3 is 1.47 bits per heavy atom. The zero-order valence-corrected chi connectivity index (χ0v) is 27.9. The number of rotatable bonds is 11. The summed E-state index contributed by atoms with van der Waals surface area (Å²) in [7, 11) is -8.29. The molecule has 0 bridgehead atoms. The molecular weight excluding hydrogens is 717 g/mol. The zero-order chi connectivity index (χ0) is 35.3. The van der Waals surface area contributed by atoms with Gasteiger partial charge in [0, 0.05) is 33.3 Å². The average Bonchev–Trinajstić information content (AvgIpc) is 3.05. The van der Waals surface area contributed by atoms with Gasteiger partial charge in [-0.15, -0.1) is 0 Å². The number of hydrogen-bond donors (Lipinski definition) is 4. The summed E-state index contributed by atoms with van der Waals surface area (Å²) in [6.07, 6.45) is 0. The lowest BCUT2D eigenvalue weighted by molar-refractivity contribution is -0.384. The number of halogens is 2. The van der Waals surface area contributed by atoms with Crippen molar-refractivity contribution in [3.63, 3.8) is 0 Å². The van der Waals surface area contributed by atoms with Crippen molar-refractivity contribution in [3.8, 4) is 0 Å². The van der Waals surface area contributed by atoms with E-state index in [-0.39, 0.29) is 43.7 Å². The van der Waals surface area contributed by atoms with Crippen molar-refractivity contribution in [3.05, 3.63) is 147 Å². The molecule has 13 nitrogen and oxygen atoms in total. The van der Waals surface area contributed by atoms with Crippen molar-refractivity contribution >= 4 is 83.5 Å². The lowest BCUT2D eigenvalue weighted by Gasteiger charge is -2.14. The molecule has 250 valence electrons. The van der Waals surface area contributed by atoms with Crippen LogP contribution in [-0.2, 0) is 20.0 Å². The highest BCUT2D eigenvalue weighted by atomic mass is 35.5. The number of carbonyl (C=O) groups excluding carboxylic acids is 2. The number of benzene rings is 5. The van der Waals surface area contributed by atoms with Gasteiger partial charge in [-0.1, -0.05) is 47.5 Å². The monoisotopic (exact) mass is 739 g/mol. The minimum atomic E-state index is -4.15. The first-order valence-corrected chi connectivity index (χ1v) is 17.6. The Balaban J connectivity index is 1.38. The van der Waals surface area contributed by atoms with E-state index in [1.54, 1.807) is 24.3 Å². The fraction of sp³-hybridized carbons (Fsp3) is 0. The number of sulfonamides is 2. The highest BCUT2D eigenvalue weighted by Gasteiger charge is 2.21. The summed E-state index contributed by atoms with van der Waals surface area (Å²) in [5.41, 5.74) is -0.494. The van der Waals surface area contributed by atoms with Gasteiger partial charge in [-0.05, 0) is 78.9 Å². The molecule has 0 radical (unpaired) electrons. The highest BCUT2D eigenvalue weighted by Crippen LogP contribution is 2.29. The third-order valence-corrected chi connectivity index (χ3v) is 9.91. The zero-order valence-electron chi connectivity index (χ0n) is 24.8. The maximum atomic E-state index is 13.3. The van der Waals surface area contributed by atoms with Gasteiger partial charge in [0.2, 0.25) is 0 Å². The molecule has 0 aliphatic heterocycles. The molecule has 2 amide bonds. The maximum Gasteiger partial charge on any atom is 0.271 e. The molecule has 0 atom stereocenters. The summed E-state index contributed by atoms with van der Waals surface area (Å²) in [5.74, 6) is -1.65. The van der Waals surface area contributed by atoms with E-state index >= 15 is 0 Å². The van der Waals surface area contributed by atoms with Crippen LogP contribution in [0.25, 0.3) is 0 Å². The number of non-ortho nitro benzene ring substituents is 1. The fourth-order valence-corrected chi connectivity index (χ4v) is 6.96. The predicted molar refractivity (Wildman–Crippen MR) is 186 cm³/mol. The molecule has 0 saturated carbocycles. The van der Waals surface area contributed by atoms with E-state index in [0.717, 1.165) is 24.3 Å². The second-order valence-electron chi connectivity index (χ2n) is 10.2. The van der Waals surface area contributed by atoms with Crippen LogP contribution < -0.4 is 20.1 Å². The first-order chi connectivity index (χ1) is 23.2. The summed E-state index contributed by atoms with van der Waals surface area (Å²) < 4.78 is 56.8. The Morgan fingerprint density at radius 2 is 1.02 bits per heavy atom. The number of nitro groups is 1. The SMILES string of the molecule is O=C(Nc1ccc([N+](=O)[O-])cc1NC(=O)c1cccc(S(=O)(=O)Nc2cccc(Cl)c2)c1)c1cccc(S(=O)(=O)Nc2cccc(Cl)c2)c1. The average molecular weight is 741 g/mol. The van der Waals surface area contributed by atoms with Crippen LogP contribution in [0.5, 0.6) is 0 Å². The van der Waals surface area contributed by atoms with E-state index in [0.29, 0.717) is 10.0 Å². The molecule has 5 rings (SSSR count). The van der Waals surface area contributed by atoms with Crippen molar-refractivity contribution in [2.24, 2.45) is 0 Å². The number of amides is 2. The molecular formula is C32H23Cl2N5O8S2. The Morgan fingerprint density at radius 1 is 0.571 bits per heavy atom. The van der Waals surface area contributed by atoms with Gasteiger partial charge in [0.05, 0.1) is 37.5 Å². The van der Waals surface area contributed by atoms with Gasteiger partial charge in [-0.25, -0.2) is 16.8 Å². The first-order valence-electron chi connectivity index (χ1n) is 13.9. The van der Waals surface area contributed by atoms with Crippen molar-refractivity contribution in [1.82, 2.24) is 0 Å². The lowest BCUT2D eigenvalue weighted by atomic mass is 10.1. The standard InChI is InChI=1S/C32H23Cl2N5O8S2/c33-22-7-3-9-24(17-22)37-48(44,45)27-11-1-5-20(15-27)31(40)35-29-14-13-26(39(42)43)19-30(29)36-32(41)21-6-2-12-28(16-21)49(46,47)38-25-10-4-8-23(34)18-25/h1-19,37-38H,(H,35,40)(H,36,41). The quantitative estimate of drug-likeness (QED) is 0.0820. The summed E-state index contributed by atoms with van der Waals surface area (Å²) in [6.45, 7) is 0. The van der Waals surface area contributed by atoms with E-state index < -0.39 is 42.5 Å². The van der Waals surface area contributed by atoms with Gasteiger partial charge in [0.15, 0.2) is 0 Å². The van der Waals surface area contributed by atoms with Gasteiger partial charge in [-0.3, -0.25) is 29.1 Å². The summed E-state index contributed by atoms with van der Waals surface area (Å²) in [5, 5.41) is 17.1. The van der Waals surface area contributed by atoms with Crippen LogP contribution in [0.3, 0.4) is 0 Å². The van der Waals surface area contributed by atoms with Crippen LogP contribution in [0.1, 0.15) is 20.7 Å². The Bertz CT molecular complexity index is 2340. The summed E-state index contributed by atoms with van der Waals surface area (Å²) in [4.78, 5) is 36.9. The highest BCUT2D eigenvalue weighted by molar-refractivity contribution is 7.93. The number of hydrogen-bond acceptors (Lipinski definition) is 8. The van der Waals surface area contributed by atoms with Crippen LogP contribution in [0.15, 0.2) is 125 Å². The molecule has 0 spiro atoms. The third kappa shape index (κ3) is 8.71. The largest absolute Gasteiger partial charge is 0.320 e. The lowest BCUT2D eigenvalue weighted by Crippen LogP contribution is -2.19. The molecule has 4 N–H and O–H groups in total. The Kier molecular flexibility index (Phi) is 10.2. The summed E-state index contributed by atoms with van der Waals surface area (Å²) >= 11 is 11.9. The van der Waals surface area contributed by atoms with Crippen LogP contribution in [0.2, 0.25) is 10.0 Å². The van der Waals surface area contributed by atoms with E-state index in [2.05, 4.69) is 20.1 Å². The molecule has 0 heterocycles. The molecule has 17 heteroatoms. The van der Waals surface area contributed by atoms with E-state index in [9.17, 15) is 36.5 Å². The molecule has 0 aliphatic rings. The summed E-state index contributed by atoms with van der Waals surface area (Å²) in [6, 6.07) is 25.5. The maximum absolute atomic E-state index is 13.3. The molecule has 0 unspecified atom stereocenters. The van der Waals surface area contributed by atoms with Gasteiger partial charge >= 0.3 is 0 Å². The van der Waals surface area contributed by atoms with Crippen LogP contribution in [-0.4, -0.2) is 33.6 Å². The van der Waals surface area contributed by atoms with Crippen molar-refractivity contribution in [2.45, 2.75) is 9.79 Å². The molecule has 0 aromatic heterocycles. The van der Waals surface area contributed by atoms with E-state index in [1.165, 1.54) is 66.7 Å². The second-order valence-corrected chi connectivity index (χ2v) is 14.4. The molecule has 0 aliphatic carbocycles. The van der Waals surface area contributed by atoms with Crippen molar-refractivity contribution in [2.75, 3.05) is 20.1 Å². The smallest absolute Gasteiger partial charge is 0.271 e. The number of anilines is 4. The third-order valence-electron chi connectivity index (χ3n) is 6.68. The normalized spacial score (nSPS) is 11.3. The molecule has 5 aromatic rings. The van der Waals surface area contributed by atoms with Crippen LogP contribution in [0, 0.1) is 10.1 Å². The van der Waals surface area contributed by atoms with E-state index in [1.807, 2.05) is 0 Å². The topological polar surface area (TPSA) is 194 Å². The predicted octanol–water partition coefficient (Wildman–Crippen LogP) is 7.01. The van der Waals surface area contributed by atoms with Crippen LogP contribution in [0.4, 0.5) is 28.4 Å². The second kappa shape index (κ2) is 14.3. The number of carbonyl (C=O) groups is 2. The van der Waals surface area contributed by atoms with Crippen LogP contribution >= 0.6 is 23.2 Å². The first kappa shape index (κ1) is 34.8. The Labute approximate surface area is 290 Å². The molecule has 0 saturated heterocycles. The van der Waals surface area contributed by atoms with Gasteiger partial charge in [0.25, 0.3) is 37.5 Å². The number of nitrogens with zero attached hydrogens (tertiary/aromatic N) is 1. The van der Waals surface area contributed by atoms with Gasteiger partial charge < -0.3 is 10.6 Å². The van der Waals surface area contributed by atoms with Gasteiger partial charge in [0.1, 0.15) is 0 Å². The molecule has 0 fully saturated rings.